The fraction of sp³-hybridized carbons (Fsp3) is 0.417. The highest BCUT2D eigenvalue weighted by atomic mass is 16.5. The third kappa shape index (κ3) is 3.64. The molecule has 0 saturated heterocycles. The fourth-order valence-electron chi connectivity index (χ4n) is 1.41. The van der Waals surface area contributed by atoms with Gasteiger partial charge in [-0.25, -0.2) is 0 Å². The molecule has 0 aliphatic carbocycles. The number of nitrogen functional groups attached to an aromatic ring is 1. The number of hydrogen-bond acceptors (Lipinski definition) is 4. The fourth-order valence-corrected chi connectivity index (χ4v) is 1.41. The zero-order valence-corrected chi connectivity index (χ0v) is 10.4. The minimum atomic E-state index is -0.104. The van der Waals surface area contributed by atoms with Crippen LogP contribution in [0.5, 0.6) is 5.75 Å². The minimum Gasteiger partial charge on any atom is -0.497 e. The molecule has 1 aromatic carbocycles. The monoisotopic (exact) mass is 238 g/mol. The van der Waals surface area contributed by atoms with E-state index in [9.17, 15) is 4.79 Å². The van der Waals surface area contributed by atoms with Gasteiger partial charge in [-0.2, -0.15) is 0 Å². The van der Waals surface area contributed by atoms with E-state index in [2.05, 4.69) is 0 Å². The highest BCUT2D eigenvalue weighted by molar-refractivity contribution is 5.95. The molecule has 0 saturated carbocycles. The largest absolute Gasteiger partial charge is 0.497 e. The van der Waals surface area contributed by atoms with Crippen LogP contribution in [-0.4, -0.2) is 45.2 Å². The van der Waals surface area contributed by atoms with E-state index in [1.807, 2.05) is 0 Å². The van der Waals surface area contributed by atoms with Gasteiger partial charge in [-0.1, -0.05) is 0 Å². The number of rotatable bonds is 5. The number of amides is 1. The number of hydrogen-bond donors (Lipinski definition) is 1. The summed E-state index contributed by atoms with van der Waals surface area (Å²) >= 11 is 0. The summed E-state index contributed by atoms with van der Waals surface area (Å²) in [6, 6.07) is 4.97. The molecule has 0 fully saturated rings. The van der Waals surface area contributed by atoms with Crippen molar-refractivity contribution in [1.29, 1.82) is 0 Å². The van der Waals surface area contributed by atoms with Gasteiger partial charge in [0.1, 0.15) is 5.75 Å². The van der Waals surface area contributed by atoms with Crippen LogP contribution in [0.4, 0.5) is 5.69 Å². The van der Waals surface area contributed by atoms with E-state index in [0.29, 0.717) is 30.2 Å². The molecule has 1 rings (SSSR count). The van der Waals surface area contributed by atoms with E-state index in [0.717, 1.165) is 0 Å². The SMILES string of the molecule is COCCN(C)C(=O)c1cc(N)cc(OC)c1. The van der Waals surface area contributed by atoms with Gasteiger partial charge in [-0.15, -0.1) is 0 Å². The average Bonchev–Trinajstić information content (AvgIpc) is 2.34. The summed E-state index contributed by atoms with van der Waals surface area (Å²) in [7, 11) is 4.86. The van der Waals surface area contributed by atoms with Gasteiger partial charge in [-0.05, 0) is 12.1 Å². The molecule has 5 heteroatoms. The Labute approximate surface area is 101 Å². The molecule has 0 unspecified atom stereocenters. The molecule has 1 aromatic rings. The van der Waals surface area contributed by atoms with Crippen LogP contribution in [0.15, 0.2) is 18.2 Å². The molecule has 0 bridgehead atoms. The van der Waals surface area contributed by atoms with Crippen LogP contribution >= 0.6 is 0 Å². The van der Waals surface area contributed by atoms with Crippen LogP contribution in [0, 0.1) is 0 Å². The number of anilines is 1. The smallest absolute Gasteiger partial charge is 0.253 e. The van der Waals surface area contributed by atoms with Crippen molar-refractivity contribution in [2.24, 2.45) is 0 Å². The molecule has 0 radical (unpaired) electrons. The minimum absolute atomic E-state index is 0.104. The van der Waals surface area contributed by atoms with Crippen molar-refractivity contribution >= 4 is 11.6 Å². The van der Waals surface area contributed by atoms with Crippen molar-refractivity contribution < 1.29 is 14.3 Å². The number of methoxy groups -OCH3 is 2. The molecule has 5 nitrogen and oxygen atoms in total. The molecular formula is C12H18N2O3. The van der Waals surface area contributed by atoms with Gasteiger partial charge in [0, 0.05) is 38.0 Å². The summed E-state index contributed by atoms with van der Waals surface area (Å²) in [5, 5.41) is 0. The number of ether oxygens (including phenoxy) is 2. The van der Waals surface area contributed by atoms with Crippen molar-refractivity contribution in [1.82, 2.24) is 4.90 Å². The van der Waals surface area contributed by atoms with E-state index in [1.165, 1.54) is 7.11 Å². The molecular weight excluding hydrogens is 220 g/mol. The van der Waals surface area contributed by atoms with Crippen molar-refractivity contribution in [2.75, 3.05) is 40.2 Å². The van der Waals surface area contributed by atoms with E-state index in [-0.39, 0.29) is 5.91 Å². The molecule has 2 N–H and O–H groups in total. The summed E-state index contributed by atoms with van der Waals surface area (Å²) in [4.78, 5) is 13.6. The van der Waals surface area contributed by atoms with Gasteiger partial charge in [-0.3, -0.25) is 4.79 Å². The van der Waals surface area contributed by atoms with Gasteiger partial charge < -0.3 is 20.1 Å². The maximum atomic E-state index is 12.0. The molecule has 1 amide bonds. The first kappa shape index (κ1) is 13.3. The standard InChI is InChI=1S/C12H18N2O3/c1-14(4-5-16-2)12(15)9-6-10(13)8-11(7-9)17-3/h6-8H,4-5,13H2,1-3H3. The lowest BCUT2D eigenvalue weighted by Gasteiger charge is -2.17. The molecule has 0 aliphatic rings. The molecule has 17 heavy (non-hydrogen) atoms. The maximum absolute atomic E-state index is 12.0. The number of likely N-dealkylation sites (N-methyl/N-ethyl adjacent to an activating group) is 1. The Kier molecular flexibility index (Phi) is 4.78. The number of nitrogens with two attached hydrogens (primary N) is 1. The van der Waals surface area contributed by atoms with E-state index < -0.39 is 0 Å². The highest BCUT2D eigenvalue weighted by Gasteiger charge is 2.13. The second kappa shape index (κ2) is 6.10. The molecule has 0 aliphatic heterocycles. The van der Waals surface area contributed by atoms with Crippen molar-refractivity contribution in [3.05, 3.63) is 23.8 Å². The van der Waals surface area contributed by atoms with Gasteiger partial charge in [0.25, 0.3) is 5.91 Å². The lowest BCUT2D eigenvalue weighted by Crippen LogP contribution is -2.30. The Bertz CT molecular complexity index is 393. The quantitative estimate of drug-likeness (QED) is 0.777. The van der Waals surface area contributed by atoms with Crippen LogP contribution < -0.4 is 10.5 Å². The Balaban J connectivity index is 2.84. The van der Waals surface area contributed by atoms with Gasteiger partial charge >= 0.3 is 0 Å². The topological polar surface area (TPSA) is 64.8 Å². The normalized spacial score (nSPS) is 10.1. The van der Waals surface area contributed by atoms with Gasteiger partial charge in [0.15, 0.2) is 0 Å². The molecule has 0 atom stereocenters. The summed E-state index contributed by atoms with van der Waals surface area (Å²) in [6.45, 7) is 1.04. The van der Waals surface area contributed by atoms with E-state index in [4.69, 9.17) is 15.2 Å². The number of nitrogens with zero attached hydrogens (tertiary/aromatic N) is 1. The van der Waals surface area contributed by atoms with Crippen molar-refractivity contribution in [3.8, 4) is 5.75 Å². The second-order valence-electron chi connectivity index (χ2n) is 3.71. The second-order valence-corrected chi connectivity index (χ2v) is 3.71. The first-order chi connectivity index (χ1) is 8.08. The third-order valence-electron chi connectivity index (χ3n) is 2.39. The average molecular weight is 238 g/mol. The van der Waals surface area contributed by atoms with Crippen LogP contribution in [0.2, 0.25) is 0 Å². The van der Waals surface area contributed by atoms with Crippen LogP contribution in [0.25, 0.3) is 0 Å². The summed E-state index contributed by atoms with van der Waals surface area (Å²) in [5.74, 6) is 0.473. The van der Waals surface area contributed by atoms with Gasteiger partial charge in [0.2, 0.25) is 0 Å². The maximum Gasteiger partial charge on any atom is 0.253 e. The first-order valence-corrected chi connectivity index (χ1v) is 5.27. The lowest BCUT2D eigenvalue weighted by atomic mass is 10.1. The number of carbonyl (C=O) groups is 1. The zero-order chi connectivity index (χ0) is 12.8. The first-order valence-electron chi connectivity index (χ1n) is 5.27. The summed E-state index contributed by atoms with van der Waals surface area (Å²) < 4.78 is 10.00. The predicted molar refractivity (Wildman–Crippen MR) is 66.2 cm³/mol. The van der Waals surface area contributed by atoms with Crippen molar-refractivity contribution in [2.45, 2.75) is 0 Å². The Morgan fingerprint density at radius 2 is 2.06 bits per heavy atom. The summed E-state index contributed by atoms with van der Waals surface area (Å²) in [6.07, 6.45) is 0. The predicted octanol–water partition coefficient (Wildman–Crippen LogP) is 0.996. The third-order valence-corrected chi connectivity index (χ3v) is 2.39. The van der Waals surface area contributed by atoms with Crippen molar-refractivity contribution in [3.63, 3.8) is 0 Å². The number of benzene rings is 1. The molecule has 94 valence electrons. The van der Waals surface area contributed by atoms with Crippen LogP contribution in [0.1, 0.15) is 10.4 Å². The van der Waals surface area contributed by atoms with E-state index >= 15 is 0 Å². The van der Waals surface area contributed by atoms with Crippen LogP contribution in [-0.2, 0) is 4.74 Å². The molecule has 0 heterocycles. The van der Waals surface area contributed by atoms with Crippen LogP contribution in [0.3, 0.4) is 0 Å². The lowest BCUT2D eigenvalue weighted by molar-refractivity contribution is 0.0744. The summed E-state index contributed by atoms with van der Waals surface area (Å²) in [5.41, 5.74) is 6.72. The number of carbonyl (C=O) groups excluding carboxylic acids is 1. The Morgan fingerprint density at radius 3 is 2.65 bits per heavy atom. The van der Waals surface area contributed by atoms with Gasteiger partial charge in [0.05, 0.1) is 13.7 Å². The highest BCUT2D eigenvalue weighted by Crippen LogP contribution is 2.19. The van der Waals surface area contributed by atoms with E-state index in [1.54, 1.807) is 37.3 Å². The molecule has 0 aromatic heterocycles. The Hall–Kier alpha value is -1.75. The Morgan fingerprint density at radius 1 is 1.35 bits per heavy atom. The molecule has 0 spiro atoms. The zero-order valence-electron chi connectivity index (χ0n) is 10.4.